The number of unbranched alkanes of at least 4 members (excludes halogenated alkanes) is 2. The molecular formula is C18H30O7. The third kappa shape index (κ3) is 4.34. The molecule has 0 spiro atoms. The molecule has 7 heteroatoms. The predicted octanol–water partition coefficient (Wildman–Crippen LogP) is 2.51. The first kappa shape index (κ1) is 19.0. The Labute approximate surface area is 149 Å². The van der Waals surface area contributed by atoms with Gasteiger partial charge in [-0.2, -0.15) is 0 Å². The molecule has 0 bridgehead atoms. The van der Waals surface area contributed by atoms with E-state index in [1.165, 1.54) is 0 Å². The van der Waals surface area contributed by atoms with Crippen LogP contribution in [0.1, 0.15) is 60.3 Å². The first-order valence-electron chi connectivity index (χ1n) is 9.23. The molecule has 3 aliphatic heterocycles. The van der Waals surface area contributed by atoms with E-state index >= 15 is 0 Å². The summed E-state index contributed by atoms with van der Waals surface area (Å²) in [5.41, 5.74) is 0. The average Bonchev–Trinajstić information content (AvgIpc) is 3.10. The van der Waals surface area contributed by atoms with E-state index in [0.29, 0.717) is 13.0 Å². The highest BCUT2D eigenvalue weighted by atomic mass is 16.8. The van der Waals surface area contributed by atoms with Gasteiger partial charge in [0.25, 0.3) is 0 Å². The summed E-state index contributed by atoms with van der Waals surface area (Å²) in [7, 11) is 0. The van der Waals surface area contributed by atoms with Crippen LogP contribution in [0.3, 0.4) is 0 Å². The first-order valence-corrected chi connectivity index (χ1v) is 9.23. The number of ether oxygens (including phenoxy) is 6. The molecule has 3 heterocycles. The highest BCUT2D eigenvalue weighted by Gasteiger charge is 2.59. The summed E-state index contributed by atoms with van der Waals surface area (Å²) in [6, 6.07) is 0. The summed E-state index contributed by atoms with van der Waals surface area (Å²) in [5.74, 6) is -1.68. The van der Waals surface area contributed by atoms with E-state index in [0.717, 1.165) is 19.3 Å². The van der Waals surface area contributed by atoms with Crippen LogP contribution in [0.25, 0.3) is 0 Å². The van der Waals surface area contributed by atoms with E-state index in [4.69, 9.17) is 28.4 Å². The zero-order chi connectivity index (χ0) is 18.2. The molecule has 3 saturated heterocycles. The van der Waals surface area contributed by atoms with Crippen LogP contribution in [0.2, 0.25) is 0 Å². The minimum absolute atomic E-state index is 0.237. The molecular weight excluding hydrogens is 328 g/mol. The van der Waals surface area contributed by atoms with Crippen molar-refractivity contribution in [1.82, 2.24) is 0 Å². The second-order valence-electron chi connectivity index (χ2n) is 7.85. The van der Waals surface area contributed by atoms with Crippen LogP contribution in [0.5, 0.6) is 0 Å². The summed E-state index contributed by atoms with van der Waals surface area (Å²) in [4.78, 5) is 12.3. The van der Waals surface area contributed by atoms with Gasteiger partial charge in [-0.1, -0.05) is 19.8 Å². The van der Waals surface area contributed by atoms with E-state index < -0.39 is 36.2 Å². The standard InChI is InChI=1S/C18H30O7/c1-6-7-8-9-12(19)21-14-13(11-10-20-17(2,3)23-11)22-16-15(14)24-18(4,5)25-16/h11,13-16H,6-10H2,1-5H3/t11-,13+,14-,15-,16-/m1/s1. The molecule has 0 radical (unpaired) electrons. The quantitative estimate of drug-likeness (QED) is 0.533. The Bertz CT molecular complexity index is 490. The Hall–Kier alpha value is -0.730. The van der Waals surface area contributed by atoms with Crippen LogP contribution in [0.4, 0.5) is 0 Å². The summed E-state index contributed by atoms with van der Waals surface area (Å²) < 4.78 is 35.0. The van der Waals surface area contributed by atoms with Crippen LogP contribution in [0, 0.1) is 0 Å². The zero-order valence-corrected chi connectivity index (χ0v) is 15.8. The second-order valence-corrected chi connectivity index (χ2v) is 7.85. The van der Waals surface area contributed by atoms with Crippen LogP contribution >= 0.6 is 0 Å². The van der Waals surface area contributed by atoms with Crippen molar-refractivity contribution in [3.05, 3.63) is 0 Å². The molecule has 0 unspecified atom stereocenters. The van der Waals surface area contributed by atoms with Crippen molar-refractivity contribution in [2.24, 2.45) is 0 Å². The topological polar surface area (TPSA) is 72.5 Å². The van der Waals surface area contributed by atoms with Crippen LogP contribution < -0.4 is 0 Å². The SMILES string of the molecule is CCCCCC(=O)O[C@@H]1[C@H]([C@H]2COC(C)(C)O2)O[C@@H]2OC(C)(C)O[C@@H]21. The molecule has 5 atom stereocenters. The smallest absolute Gasteiger partial charge is 0.306 e. The molecule has 0 N–H and O–H groups in total. The van der Waals surface area contributed by atoms with Crippen LogP contribution in [-0.4, -0.2) is 54.9 Å². The lowest BCUT2D eigenvalue weighted by Crippen LogP contribution is -2.45. The van der Waals surface area contributed by atoms with Gasteiger partial charge >= 0.3 is 5.97 Å². The largest absolute Gasteiger partial charge is 0.456 e. The average molecular weight is 358 g/mol. The lowest BCUT2D eigenvalue weighted by molar-refractivity contribution is -0.235. The second kappa shape index (κ2) is 7.12. The minimum atomic E-state index is -0.764. The normalized spacial score (nSPS) is 38.7. The Kier molecular flexibility index (Phi) is 5.42. The number of hydrogen-bond acceptors (Lipinski definition) is 7. The zero-order valence-electron chi connectivity index (χ0n) is 15.8. The number of hydrogen-bond donors (Lipinski definition) is 0. The molecule has 3 rings (SSSR count). The number of carbonyl (C=O) groups is 1. The Morgan fingerprint density at radius 2 is 1.80 bits per heavy atom. The summed E-state index contributed by atoms with van der Waals surface area (Å²) in [5, 5.41) is 0. The molecule has 0 aromatic heterocycles. The molecule has 3 aliphatic rings. The van der Waals surface area contributed by atoms with Gasteiger partial charge in [-0.25, -0.2) is 0 Å². The van der Waals surface area contributed by atoms with Gasteiger partial charge in [0.2, 0.25) is 0 Å². The van der Waals surface area contributed by atoms with Gasteiger partial charge in [0.1, 0.15) is 12.2 Å². The third-order valence-corrected chi connectivity index (χ3v) is 4.68. The van der Waals surface area contributed by atoms with E-state index in [9.17, 15) is 4.79 Å². The molecule has 0 amide bonds. The fourth-order valence-electron chi connectivity index (χ4n) is 3.54. The van der Waals surface area contributed by atoms with Gasteiger partial charge < -0.3 is 28.4 Å². The highest BCUT2D eigenvalue weighted by molar-refractivity contribution is 5.69. The number of esters is 1. The lowest BCUT2D eigenvalue weighted by atomic mass is 10.1. The summed E-state index contributed by atoms with van der Waals surface area (Å²) in [6.45, 7) is 9.83. The molecule has 0 aliphatic carbocycles. The Morgan fingerprint density at radius 1 is 1.04 bits per heavy atom. The van der Waals surface area contributed by atoms with Crippen LogP contribution in [0.15, 0.2) is 0 Å². The van der Waals surface area contributed by atoms with Gasteiger partial charge in [-0.05, 0) is 34.1 Å². The first-order chi connectivity index (χ1) is 11.7. The van der Waals surface area contributed by atoms with Crippen molar-refractivity contribution < 1.29 is 33.2 Å². The van der Waals surface area contributed by atoms with Crippen molar-refractivity contribution in [3.8, 4) is 0 Å². The molecule has 3 fully saturated rings. The van der Waals surface area contributed by atoms with Crippen LogP contribution in [-0.2, 0) is 33.2 Å². The fourth-order valence-corrected chi connectivity index (χ4v) is 3.54. The number of carbonyl (C=O) groups excluding carboxylic acids is 1. The van der Waals surface area contributed by atoms with Crippen molar-refractivity contribution in [2.45, 2.75) is 103 Å². The maximum Gasteiger partial charge on any atom is 0.306 e. The van der Waals surface area contributed by atoms with Gasteiger partial charge in [0.15, 0.2) is 30.1 Å². The van der Waals surface area contributed by atoms with Gasteiger partial charge in [0.05, 0.1) is 6.61 Å². The van der Waals surface area contributed by atoms with E-state index in [-0.39, 0.29) is 12.1 Å². The van der Waals surface area contributed by atoms with E-state index in [1.807, 2.05) is 27.7 Å². The predicted molar refractivity (Wildman–Crippen MR) is 87.6 cm³/mol. The van der Waals surface area contributed by atoms with Gasteiger partial charge in [0, 0.05) is 6.42 Å². The third-order valence-electron chi connectivity index (χ3n) is 4.68. The van der Waals surface area contributed by atoms with Crippen molar-refractivity contribution in [2.75, 3.05) is 6.61 Å². The minimum Gasteiger partial charge on any atom is -0.456 e. The summed E-state index contributed by atoms with van der Waals surface area (Å²) >= 11 is 0. The Balaban J connectivity index is 1.68. The lowest BCUT2D eigenvalue weighted by Gasteiger charge is -2.28. The summed E-state index contributed by atoms with van der Waals surface area (Å²) in [6.07, 6.45) is 0.888. The molecule has 7 nitrogen and oxygen atoms in total. The van der Waals surface area contributed by atoms with Gasteiger partial charge in [-0.3, -0.25) is 4.79 Å². The molecule has 0 aromatic carbocycles. The van der Waals surface area contributed by atoms with Crippen molar-refractivity contribution in [1.29, 1.82) is 0 Å². The molecule has 25 heavy (non-hydrogen) atoms. The molecule has 0 aromatic rings. The monoisotopic (exact) mass is 358 g/mol. The maximum atomic E-state index is 12.3. The van der Waals surface area contributed by atoms with E-state index in [2.05, 4.69) is 6.92 Å². The highest BCUT2D eigenvalue weighted by Crippen LogP contribution is 2.42. The van der Waals surface area contributed by atoms with E-state index in [1.54, 1.807) is 0 Å². The maximum absolute atomic E-state index is 12.3. The Morgan fingerprint density at radius 3 is 2.44 bits per heavy atom. The number of rotatable bonds is 6. The van der Waals surface area contributed by atoms with Crippen molar-refractivity contribution in [3.63, 3.8) is 0 Å². The molecule has 0 saturated carbocycles. The van der Waals surface area contributed by atoms with Gasteiger partial charge in [-0.15, -0.1) is 0 Å². The molecule has 144 valence electrons. The van der Waals surface area contributed by atoms with Crippen molar-refractivity contribution >= 4 is 5.97 Å². The fraction of sp³-hybridized carbons (Fsp3) is 0.944. The number of fused-ring (bicyclic) bond motifs is 1.